The Morgan fingerprint density at radius 1 is 1.14 bits per heavy atom. The molecule has 1 aromatic rings. The first-order valence-electron chi connectivity index (χ1n) is 7.80. The average Bonchev–Trinajstić information content (AvgIpc) is 2.48. The van der Waals surface area contributed by atoms with Crippen molar-refractivity contribution in [2.75, 3.05) is 20.6 Å². The fraction of sp³-hybridized carbons (Fsp3) is 0.647. The predicted octanol–water partition coefficient (Wildman–Crippen LogP) is 3.88. The molecule has 1 N–H and O–H groups in total. The molecule has 2 nitrogen and oxygen atoms in total. The molecule has 2 rings (SSSR count). The second kappa shape index (κ2) is 6.84. The Kier molecular flexibility index (Phi) is 5.33. The van der Waals surface area contributed by atoms with Crippen LogP contribution in [0.4, 0.5) is 8.78 Å². The van der Waals surface area contributed by atoms with Crippen LogP contribution < -0.4 is 5.32 Å². The van der Waals surface area contributed by atoms with Crippen molar-refractivity contribution in [3.05, 3.63) is 35.4 Å². The summed E-state index contributed by atoms with van der Waals surface area (Å²) < 4.78 is 26.3. The van der Waals surface area contributed by atoms with Gasteiger partial charge in [0, 0.05) is 18.1 Å². The Hall–Kier alpha value is -1.00. The van der Waals surface area contributed by atoms with Crippen LogP contribution >= 0.6 is 0 Å². The molecule has 1 atom stereocenters. The maximum absolute atomic E-state index is 13.3. The van der Waals surface area contributed by atoms with Crippen molar-refractivity contribution in [3.8, 4) is 0 Å². The summed E-state index contributed by atoms with van der Waals surface area (Å²) in [7, 11) is 4.27. The van der Waals surface area contributed by atoms with Gasteiger partial charge in [0.25, 0.3) is 0 Å². The van der Waals surface area contributed by atoms with E-state index in [1.807, 2.05) is 6.92 Å². The van der Waals surface area contributed by atoms with E-state index in [4.69, 9.17) is 0 Å². The lowest BCUT2D eigenvalue weighted by Crippen LogP contribution is -2.53. The largest absolute Gasteiger partial charge is 0.308 e. The molecule has 1 aliphatic rings. The molecule has 0 spiro atoms. The SMILES string of the molecule is CC(NCC1(N(C)C)CCCCC1)c1ccc(F)c(F)c1. The van der Waals surface area contributed by atoms with Crippen LogP contribution in [0.3, 0.4) is 0 Å². The zero-order valence-electron chi connectivity index (χ0n) is 13.3. The van der Waals surface area contributed by atoms with Gasteiger partial charge in [-0.15, -0.1) is 0 Å². The van der Waals surface area contributed by atoms with Gasteiger partial charge in [-0.25, -0.2) is 8.78 Å². The topological polar surface area (TPSA) is 15.3 Å². The number of nitrogens with one attached hydrogen (secondary N) is 1. The van der Waals surface area contributed by atoms with Gasteiger partial charge in [-0.05, 0) is 51.6 Å². The number of halogens is 2. The van der Waals surface area contributed by atoms with Gasteiger partial charge < -0.3 is 10.2 Å². The minimum atomic E-state index is -0.789. The highest BCUT2D eigenvalue weighted by Crippen LogP contribution is 2.32. The first-order valence-corrected chi connectivity index (χ1v) is 7.80. The van der Waals surface area contributed by atoms with Crippen LogP contribution in [0.25, 0.3) is 0 Å². The molecule has 0 bridgehead atoms. The van der Waals surface area contributed by atoms with E-state index in [1.54, 1.807) is 6.07 Å². The van der Waals surface area contributed by atoms with Gasteiger partial charge in [-0.1, -0.05) is 25.3 Å². The highest BCUT2D eigenvalue weighted by atomic mass is 19.2. The molecule has 1 unspecified atom stereocenters. The molecule has 0 radical (unpaired) electrons. The molecule has 1 aromatic carbocycles. The van der Waals surface area contributed by atoms with Crippen molar-refractivity contribution < 1.29 is 8.78 Å². The van der Waals surface area contributed by atoms with Gasteiger partial charge in [0.1, 0.15) is 0 Å². The van der Waals surface area contributed by atoms with E-state index in [2.05, 4.69) is 24.3 Å². The molecule has 0 heterocycles. The second-order valence-corrected chi connectivity index (χ2v) is 6.46. The number of likely N-dealkylation sites (N-methyl/N-ethyl adjacent to an activating group) is 1. The molecule has 118 valence electrons. The Labute approximate surface area is 126 Å². The number of nitrogens with zero attached hydrogens (tertiary/aromatic N) is 1. The summed E-state index contributed by atoms with van der Waals surface area (Å²) in [6, 6.07) is 4.15. The van der Waals surface area contributed by atoms with Crippen LogP contribution in [-0.4, -0.2) is 31.1 Å². The quantitative estimate of drug-likeness (QED) is 0.887. The zero-order valence-corrected chi connectivity index (χ0v) is 13.3. The number of rotatable bonds is 5. The van der Waals surface area contributed by atoms with Gasteiger partial charge in [0.15, 0.2) is 11.6 Å². The molecular weight excluding hydrogens is 270 g/mol. The predicted molar refractivity (Wildman–Crippen MR) is 82.3 cm³/mol. The normalized spacial score (nSPS) is 19.7. The van der Waals surface area contributed by atoms with E-state index in [0.717, 1.165) is 12.1 Å². The lowest BCUT2D eigenvalue weighted by Gasteiger charge is -2.44. The molecule has 0 amide bonds. The number of hydrogen-bond acceptors (Lipinski definition) is 2. The van der Waals surface area contributed by atoms with Gasteiger partial charge in [-0.3, -0.25) is 0 Å². The van der Waals surface area contributed by atoms with Gasteiger partial charge in [0.2, 0.25) is 0 Å². The van der Waals surface area contributed by atoms with Crippen LogP contribution in [-0.2, 0) is 0 Å². The third-order valence-corrected chi connectivity index (χ3v) is 4.91. The lowest BCUT2D eigenvalue weighted by atomic mass is 9.80. The van der Waals surface area contributed by atoms with Crippen LogP contribution in [0.15, 0.2) is 18.2 Å². The van der Waals surface area contributed by atoms with Crippen LogP contribution in [0.5, 0.6) is 0 Å². The summed E-state index contributed by atoms with van der Waals surface area (Å²) in [5.74, 6) is -1.57. The second-order valence-electron chi connectivity index (χ2n) is 6.46. The van der Waals surface area contributed by atoms with Crippen molar-refractivity contribution in [3.63, 3.8) is 0 Å². The summed E-state index contributed by atoms with van der Waals surface area (Å²) in [5, 5.41) is 3.51. The van der Waals surface area contributed by atoms with Gasteiger partial charge in [-0.2, -0.15) is 0 Å². The number of benzene rings is 1. The summed E-state index contributed by atoms with van der Waals surface area (Å²) >= 11 is 0. The third-order valence-electron chi connectivity index (χ3n) is 4.91. The first kappa shape index (κ1) is 16.4. The molecule has 21 heavy (non-hydrogen) atoms. The lowest BCUT2D eigenvalue weighted by molar-refractivity contribution is 0.0958. The highest BCUT2D eigenvalue weighted by molar-refractivity contribution is 5.20. The Morgan fingerprint density at radius 2 is 1.81 bits per heavy atom. The van der Waals surface area contributed by atoms with E-state index in [9.17, 15) is 8.78 Å². The summed E-state index contributed by atoms with van der Waals surface area (Å²) in [6.45, 7) is 2.87. The molecule has 0 aliphatic heterocycles. The summed E-state index contributed by atoms with van der Waals surface area (Å²) in [5.41, 5.74) is 0.976. The van der Waals surface area contributed by atoms with E-state index < -0.39 is 11.6 Å². The zero-order chi connectivity index (χ0) is 15.5. The van der Waals surface area contributed by atoms with E-state index in [0.29, 0.717) is 0 Å². The van der Waals surface area contributed by atoms with Crippen molar-refractivity contribution in [2.24, 2.45) is 0 Å². The van der Waals surface area contributed by atoms with Crippen molar-refractivity contribution in [2.45, 2.75) is 50.6 Å². The van der Waals surface area contributed by atoms with Crippen LogP contribution in [0.2, 0.25) is 0 Å². The van der Waals surface area contributed by atoms with Gasteiger partial charge >= 0.3 is 0 Å². The van der Waals surface area contributed by atoms with Gasteiger partial charge in [0.05, 0.1) is 0 Å². The maximum atomic E-state index is 13.3. The molecule has 0 aromatic heterocycles. The Bertz CT molecular complexity index is 468. The molecule has 1 fully saturated rings. The molecule has 1 aliphatic carbocycles. The van der Waals surface area contributed by atoms with E-state index >= 15 is 0 Å². The highest BCUT2D eigenvalue weighted by Gasteiger charge is 2.34. The molecule has 0 saturated heterocycles. The van der Waals surface area contributed by atoms with Crippen LogP contribution in [0.1, 0.15) is 50.6 Å². The minimum Gasteiger partial charge on any atom is -0.308 e. The van der Waals surface area contributed by atoms with Crippen molar-refractivity contribution >= 4 is 0 Å². The van der Waals surface area contributed by atoms with Crippen molar-refractivity contribution in [1.82, 2.24) is 10.2 Å². The fourth-order valence-electron chi connectivity index (χ4n) is 3.23. The summed E-state index contributed by atoms with van der Waals surface area (Å²) in [4.78, 5) is 2.32. The smallest absolute Gasteiger partial charge is 0.159 e. The maximum Gasteiger partial charge on any atom is 0.159 e. The van der Waals surface area contributed by atoms with Crippen LogP contribution in [0, 0.1) is 11.6 Å². The monoisotopic (exact) mass is 296 g/mol. The fourth-order valence-corrected chi connectivity index (χ4v) is 3.23. The Morgan fingerprint density at radius 3 is 2.38 bits per heavy atom. The Balaban J connectivity index is 2.01. The molecular formula is C17H26F2N2. The average molecular weight is 296 g/mol. The minimum absolute atomic E-state index is 0.0128. The third kappa shape index (κ3) is 3.80. The van der Waals surface area contributed by atoms with E-state index in [-0.39, 0.29) is 11.6 Å². The molecule has 1 saturated carbocycles. The molecule has 4 heteroatoms. The van der Waals surface area contributed by atoms with E-state index in [1.165, 1.54) is 44.2 Å². The first-order chi connectivity index (χ1) is 9.94. The van der Waals surface area contributed by atoms with Crippen molar-refractivity contribution in [1.29, 1.82) is 0 Å². The standard InChI is InChI=1S/C17H26F2N2/c1-13(14-7-8-15(18)16(19)11-14)20-12-17(21(2)3)9-5-4-6-10-17/h7-8,11,13,20H,4-6,9-10,12H2,1-3H3. The summed E-state index contributed by atoms with van der Waals surface area (Å²) in [6.07, 6.45) is 6.22. The number of hydrogen-bond donors (Lipinski definition) is 1.